The van der Waals surface area contributed by atoms with Crippen LogP contribution in [0.15, 0.2) is 18.2 Å². The zero-order valence-corrected chi connectivity index (χ0v) is 9.90. The zero-order chi connectivity index (χ0) is 12.9. The van der Waals surface area contributed by atoms with Gasteiger partial charge in [0, 0.05) is 6.54 Å². The number of hydrogen-bond donors (Lipinski definition) is 1. The van der Waals surface area contributed by atoms with Crippen molar-refractivity contribution in [3.8, 4) is 5.75 Å². The quantitative estimate of drug-likeness (QED) is 0.862. The van der Waals surface area contributed by atoms with E-state index in [4.69, 9.17) is 4.74 Å². The second-order valence-electron chi connectivity index (χ2n) is 3.54. The number of benzene rings is 1. The third-order valence-corrected chi connectivity index (χ3v) is 2.23. The van der Waals surface area contributed by atoms with E-state index >= 15 is 0 Å². The van der Waals surface area contributed by atoms with Gasteiger partial charge in [-0.15, -0.1) is 0 Å². The largest absolute Gasteiger partial charge is 0.493 e. The predicted octanol–water partition coefficient (Wildman–Crippen LogP) is 3.21. The highest BCUT2D eigenvalue weighted by Gasteiger charge is 2.34. The van der Waals surface area contributed by atoms with Crippen molar-refractivity contribution >= 4 is 0 Å². The Morgan fingerprint density at radius 2 is 1.94 bits per heavy atom. The first-order valence-corrected chi connectivity index (χ1v) is 5.52. The van der Waals surface area contributed by atoms with E-state index in [1.807, 2.05) is 6.92 Å². The summed E-state index contributed by atoms with van der Waals surface area (Å²) in [5, 5.41) is 2.99. The SMILES string of the molecule is CCNCc1ccc(OCC)c(C(F)(F)F)c1. The maximum absolute atomic E-state index is 12.8. The lowest BCUT2D eigenvalue weighted by molar-refractivity contribution is -0.139. The predicted molar refractivity (Wildman–Crippen MR) is 60.0 cm³/mol. The van der Waals surface area contributed by atoms with Gasteiger partial charge in [-0.1, -0.05) is 13.0 Å². The molecule has 0 spiro atoms. The van der Waals surface area contributed by atoms with Gasteiger partial charge in [-0.2, -0.15) is 13.2 Å². The van der Waals surface area contributed by atoms with Gasteiger partial charge in [-0.3, -0.25) is 0 Å². The van der Waals surface area contributed by atoms with Gasteiger partial charge in [0.15, 0.2) is 0 Å². The van der Waals surface area contributed by atoms with E-state index in [1.165, 1.54) is 6.07 Å². The molecular weight excluding hydrogens is 231 g/mol. The Morgan fingerprint density at radius 1 is 1.24 bits per heavy atom. The Bertz CT molecular complexity index is 363. The lowest BCUT2D eigenvalue weighted by Gasteiger charge is -2.14. The smallest absolute Gasteiger partial charge is 0.419 e. The van der Waals surface area contributed by atoms with Gasteiger partial charge in [0.2, 0.25) is 0 Å². The number of halogens is 3. The molecule has 1 rings (SSSR count). The molecular formula is C12H16F3NO. The van der Waals surface area contributed by atoms with Crippen LogP contribution in [0.2, 0.25) is 0 Å². The van der Waals surface area contributed by atoms with Crippen LogP contribution in [-0.4, -0.2) is 13.2 Å². The minimum Gasteiger partial charge on any atom is -0.493 e. The van der Waals surface area contributed by atoms with Crippen molar-refractivity contribution < 1.29 is 17.9 Å². The minimum atomic E-state index is -4.38. The highest BCUT2D eigenvalue weighted by Crippen LogP contribution is 2.36. The van der Waals surface area contributed by atoms with Crippen LogP contribution in [0, 0.1) is 0 Å². The fourth-order valence-corrected chi connectivity index (χ4v) is 1.46. The van der Waals surface area contributed by atoms with E-state index in [2.05, 4.69) is 5.32 Å². The lowest BCUT2D eigenvalue weighted by atomic mass is 10.1. The molecule has 0 fully saturated rings. The highest BCUT2D eigenvalue weighted by atomic mass is 19.4. The summed E-state index contributed by atoms with van der Waals surface area (Å²) in [4.78, 5) is 0. The molecule has 0 radical (unpaired) electrons. The molecule has 0 amide bonds. The number of rotatable bonds is 5. The van der Waals surface area contributed by atoms with Crippen molar-refractivity contribution in [2.75, 3.05) is 13.2 Å². The molecule has 0 atom stereocenters. The summed E-state index contributed by atoms with van der Waals surface area (Å²) in [7, 11) is 0. The van der Waals surface area contributed by atoms with Crippen LogP contribution >= 0.6 is 0 Å². The van der Waals surface area contributed by atoms with Crippen LogP contribution < -0.4 is 10.1 Å². The summed E-state index contributed by atoms with van der Waals surface area (Å²) in [6.45, 7) is 4.92. The fourth-order valence-electron chi connectivity index (χ4n) is 1.46. The standard InChI is InChI=1S/C12H16F3NO/c1-3-16-8-9-5-6-11(17-4-2)10(7-9)12(13,14)15/h5-7,16H,3-4,8H2,1-2H3. The van der Waals surface area contributed by atoms with Crippen LogP contribution in [0.25, 0.3) is 0 Å². The summed E-state index contributed by atoms with van der Waals surface area (Å²) >= 11 is 0. The molecule has 0 aliphatic heterocycles. The summed E-state index contributed by atoms with van der Waals surface area (Å²) in [5.74, 6) is -0.111. The number of hydrogen-bond acceptors (Lipinski definition) is 2. The van der Waals surface area contributed by atoms with Gasteiger partial charge in [0.25, 0.3) is 0 Å². The molecule has 0 bridgehead atoms. The molecule has 0 saturated heterocycles. The maximum Gasteiger partial charge on any atom is 0.419 e. The van der Waals surface area contributed by atoms with Crippen LogP contribution in [0.5, 0.6) is 5.75 Å². The summed E-state index contributed by atoms with van der Waals surface area (Å²) < 4.78 is 43.3. The average Bonchev–Trinajstić information content (AvgIpc) is 2.26. The summed E-state index contributed by atoms with van der Waals surface area (Å²) in [5.41, 5.74) is -0.114. The molecule has 96 valence electrons. The van der Waals surface area contributed by atoms with Crippen molar-refractivity contribution in [2.24, 2.45) is 0 Å². The first kappa shape index (κ1) is 13.8. The molecule has 0 unspecified atom stereocenters. The molecule has 5 heteroatoms. The topological polar surface area (TPSA) is 21.3 Å². The first-order chi connectivity index (χ1) is 7.99. The molecule has 1 aromatic carbocycles. The second-order valence-corrected chi connectivity index (χ2v) is 3.54. The molecule has 2 nitrogen and oxygen atoms in total. The molecule has 0 saturated carbocycles. The van der Waals surface area contributed by atoms with Gasteiger partial charge in [-0.05, 0) is 31.2 Å². The van der Waals surface area contributed by atoms with E-state index in [9.17, 15) is 13.2 Å². The van der Waals surface area contributed by atoms with Crippen molar-refractivity contribution in [2.45, 2.75) is 26.6 Å². The normalized spacial score (nSPS) is 11.6. The van der Waals surface area contributed by atoms with Gasteiger partial charge in [0.1, 0.15) is 5.75 Å². The Hall–Kier alpha value is -1.23. The Balaban J connectivity index is 3.01. The number of alkyl halides is 3. The van der Waals surface area contributed by atoms with Crippen molar-refractivity contribution in [1.82, 2.24) is 5.32 Å². The van der Waals surface area contributed by atoms with E-state index in [0.717, 1.165) is 6.07 Å². The highest BCUT2D eigenvalue weighted by molar-refractivity contribution is 5.39. The van der Waals surface area contributed by atoms with Gasteiger partial charge in [0.05, 0.1) is 12.2 Å². The van der Waals surface area contributed by atoms with E-state index in [0.29, 0.717) is 18.7 Å². The van der Waals surface area contributed by atoms with Crippen LogP contribution in [-0.2, 0) is 12.7 Å². The van der Waals surface area contributed by atoms with Crippen molar-refractivity contribution in [3.63, 3.8) is 0 Å². The van der Waals surface area contributed by atoms with Crippen LogP contribution in [0.4, 0.5) is 13.2 Å². The van der Waals surface area contributed by atoms with E-state index in [-0.39, 0.29) is 12.4 Å². The van der Waals surface area contributed by atoms with E-state index < -0.39 is 11.7 Å². The number of ether oxygens (including phenoxy) is 1. The van der Waals surface area contributed by atoms with Crippen molar-refractivity contribution in [3.05, 3.63) is 29.3 Å². The molecule has 0 aromatic heterocycles. The third-order valence-electron chi connectivity index (χ3n) is 2.23. The van der Waals surface area contributed by atoms with Crippen LogP contribution in [0.3, 0.4) is 0 Å². The molecule has 17 heavy (non-hydrogen) atoms. The van der Waals surface area contributed by atoms with Gasteiger partial charge >= 0.3 is 6.18 Å². The summed E-state index contributed by atoms with van der Waals surface area (Å²) in [6, 6.07) is 4.15. The van der Waals surface area contributed by atoms with Crippen LogP contribution in [0.1, 0.15) is 25.0 Å². The van der Waals surface area contributed by atoms with Gasteiger partial charge in [-0.25, -0.2) is 0 Å². The average molecular weight is 247 g/mol. The molecule has 0 aliphatic rings. The minimum absolute atomic E-state index is 0.111. The van der Waals surface area contributed by atoms with Crippen molar-refractivity contribution in [1.29, 1.82) is 0 Å². The third kappa shape index (κ3) is 3.93. The monoisotopic (exact) mass is 247 g/mol. The number of nitrogens with one attached hydrogen (secondary N) is 1. The summed E-state index contributed by atoms with van der Waals surface area (Å²) in [6.07, 6.45) is -4.38. The lowest BCUT2D eigenvalue weighted by Crippen LogP contribution is -2.14. The molecule has 1 aromatic rings. The molecule has 1 N–H and O–H groups in total. The first-order valence-electron chi connectivity index (χ1n) is 5.52. The van der Waals surface area contributed by atoms with E-state index in [1.54, 1.807) is 13.0 Å². The fraction of sp³-hybridized carbons (Fsp3) is 0.500. The molecule has 0 aliphatic carbocycles. The molecule has 0 heterocycles. The zero-order valence-electron chi connectivity index (χ0n) is 9.90. The maximum atomic E-state index is 12.8. The van der Waals surface area contributed by atoms with Gasteiger partial charge < -0.3 is 10.1 Å². The second kappa shape index (κ2) is 5.91. The Labute approximate surface area is 98.8 Å². The Kier molecular flexibility index (Phi) is 4.81. The Morgan fingerprint density at radius 3 is 2.47 bits per heavy atom.